The highest BCUT2D eigenvalue weighted by Crippen LogP contribution is 2.43. The number of nitriles is 1. The number of hydrogen-bond donors (Lipinski definition) is 1. The quantitative estimate of drug-likeness (QED) is 0.480. The number of methoxy groups -OCH3 is 1. The minimum absolute atomic E-state index is 0.111. The Bertz CT molecular complexity index is 996. The van der Waals surface area contributed by atoms with Crippen LogP contribution in [0.15, 0.2) is 46.8 Å². The molecule has 176 valence electrons. The maximum atomic E-state index is 13.6. The van der Waals surface area contributed by atoms with Crippen molar-refractivity contribution < 1.29 is 24.2 Å². The molecule has 1 unspecified atom stereocenters. The van der Waals surface area contributed by atoms with Crippen molar-refractivity contribution in [1.82, 2.24) is 4.90 Å². The number of carbonyl (C=O) groups excluding carboxylic acids is 1. The number of aliphatic carboxylic acids is 1. The predicted octanol–water partition coefficient (Wildman–Crippen LogP) is 4.50. The van der Waals surface area contributed by atoms with Crippen LogP contribution in [0.1, 0.15) is 69.4 Å². The van der Waals surface area contributed by atoms with Gasteiger partial charge in [0.2, 0.25) is 0 Å². The van der Waals surface area contributed by atoms with Crippen molar-refractivity contribution in [1.29, 1.82) is 5.26 Å². The molecule has 0 spiro atoms. The van der Waals surface area contributed by atoms with Crippen LogP contribution in [0.4, 0.5) is 0 Å². The van der Waals surface area contributed by atoms with Gasteiger partial charge < -0.3 is 19.5 Å². The predicted molar refractivity (Wildman–Crippen MR) is 123 cm³/mol. The van der Waals surface area contributed by atoms with Gasteiger partial charge in [0.25, 0.3) is 0 Å². The van der Waals surface area contributed by atoms with Crippen LogP contribution in [-0.2, 0) is 19.1 Å². The summed E-state index contributed by atoms with van der Waals surface area (Å²) in [6.45, 7) is 4.36. The zero-order valence-corrected chi connectivity index (χ0v) is 19.6. The third-order valence-electron chi connectivity index (χ3n) is 6.56. The molecule has 1 saturated carbocycles. The molecule has 33 heavy (non-hydrogen) atoms. The van der Waals surface area contributed by atoms with Crippen molar-refractivity contribution in [3.05, 3.63) is 57.9 Å². The third-order valence-corrected chi connectivity index (χ3v) is 6.56. The Kier molecular flexibility index (Phi) is 8.29. The molecule has 1 aliphatic heterocycles. The molecule has 1 fully saturated rings. The summed E-state index contributed by atoms with van der Waals surface area (Å²) in [5.74, 6) is -2.41. The first-order chi connectivity index (χ1) is 15.9. The number of carboxylic acid groups (broad SMARTS) is 1. The minimum atomic E-state index is -1.10. The lowest BCUT2D eigenvalue weighted by atomic mass is 9.79. The molecule has 0 amide bonds. The molecule has 1 atom stereocenters. The fraction of sp³-hybridized carbons (Fsp3) is 0.500. The molecule has 1 aromatic carbocycles. The molecule has 1 aromatic rings. The molecule has 7 heteroatoms. The highest BCUT2D eigenvalue weighted by molar-refractivity contribution is 5.99. The van der Waals surface area contributed by atoms with Gasteiger partial charge in [0, 0.05) is 25.0 Å². The van der Waals surface area contributed by atoms with E-state index < -0.39 is 17.9 Å². The van der Waals surface area contributed by atoms with Gasteiger partial charge in [0.05, 0.1) is 35.3 Å². The number of rotatable bonds is 7. The number of esters is 1. The number of benzene rings is 1. The standard InChI is InChI=1S/C26H32N2O5/c1-17-22(25(29)30)24(20-10-8-9-19(15-20)16-27)23(18(2)28(17)13-14-32-3)26(31)33-21-11-6-4-5-7-12-21/h8-10,15,21,24H,4-7,11-14H2,1-3H3,(H,29,30). The zero-order valence-electron chi connectivity index (χ0n) is 19.6. The van der Waals surface area contributed by atoms with E-state index in [0.29, 0.717) is 41.2 Å². The maximum Gasteiger partial charge on any atom is 0.337 e. The van der Waals surface area contributed by atoms with Gasteiger partial charge in [-0.05, 0) is 57.2 Å². The number of nitrogens with zero attached hydrogens (tertiary/aromatic N) is 2. The molecular weight excluding hydrogens is 420 g/mol. The Morgan fingerprint density at radius 1 is 1.12 bits per heavy atom. The Balaban J connectivity index is 2.11. The topological polar surface area (TPSA) is 99.9 Å². The highest BCUT2D eigenvalue weighted by Gasteiger charge is 2.40. The van der Waals surface area contributed by atoms with Crippen LogP contribution in [0.5, 0.6) is 0 Å². The van der Waals surface area contributed by atoms with Crippen LogP contribution in [0.2, 0.25) is 0 Å². The lowest BCUT2D eigenvalue weighted by Crippen LogP contribution is -2.37. The monoisotopic (exact) mass is 452 g/mol. The average Bonchev–Trinajstić information content (AvgIpc) is 3.06. The number of ether oxygens (including phenoxy) is 2. The summed E-state index contributed by atoms with van der Waals surface area (Å²) in [7, 11) is 1.58. The van der Waals surface area contributed by atoms with E-state index in [1.165, 1.54) is 0 Å². The second kappa shape index (κ2) is 11.2. The van der Waals surface area contributed by atoms with Crippen molar-refractivity contribution in [3.8, 4) is 6.07 Å². The van der Waals surface area contributed by atoms with Crippen LogP contribution >= 0.6 is 0 Å². The summed E-state index contributed by atoms with van der Waals surface area (Å²) < 4.78 is 11.2. The first-order valence-corrected chi connectivity index (χ1v) is 11.5. The number of allylic oxidation sites excluding steroid dienone is 2. The van der Waals surface area contributed by atoms with Gasteiger partial charge in [0.15, 0.2) is 0 Å². The van der Waals surface area contributed by atoms with Crippen LogP contribution in [-0.4, -0.2) is 48.3 Å². The molecule has 0 radical (unpaired) electrons. The Morgan fingerprint density at radius 2 is 1.79 bits per heavy atom. The van der Waals surface area contributed by atoms with E-state index in [0.717, 1.165) is 38.5 Å². The van der Waals surface area contributed by atoms with Gasteiger partial charge in [-0.1, -0.05) is 25.0 Å². The number of carboxylic acids is 1. The summed E-state index contributed by atoms with van der Waals surface area (Å²) in [6, 6.07) is 8.89. The second-order valence-electron chi connectivity index (χ2n) is 8.64. The summed E-state index contributed by atoms with van der Waals surface area (Å²) in [5.41, 5.74) is 2.62. The molecule has 0 bridgehead atoms. The fourth-order valence-corrected chi connectivity index (χ4v) is 4.86. The fourth-order valence-electron chi connectivity index (χ4n) is 4.86. The van der Waals surface area contributed by atoms with Gasteiger partial charge in [-0.25, -0.2) is 9.59 Å². The number of carbonyl (C=O) groups is 2. The van der Waals surface area contributed by atoms with E-state index in [9.17, 15) is 20.0 Å². The van der Waals surface area contributed by atoms with Gasteiger partial charge in [-0.3, -0.25) is 0 Å². The lowest BCUT2D eigenvalue weighted by molar-refractivity contribution is -0.145. The SMILES string of the molecule is COCCN1C(C)=C(C(=O)O)C(c2cccc(C#N)c2)C(C(=O)OC2CCCCCC2)=C1C. The van der Waals surface area contributed by atoms with E-state index in [1.807, 2.05) is 11.8 Å². The van der Waals surface area contributed by atoms with E-state index in [-0.39, 0.29) is 11.7 Å². The molecule has 0 saturated heterocycles. The summed E-state index contributed by atoms with van der Waals surface area (Å²) >= 11 is 0. The minimum Gasteiger partial charge on any atom is -0.478 e. The van der Waals surface area contributed by atoms with Crippen molar-refractivity contribution in [2.75, 3.05) is 20.3 Å². The van der Waals surface area contributed by atoms with Gasteiger partial charge >= 0.3 is 11.9 Å². The van der Waals surface area contributed by atoms with Gasteiger partial charge in [-0.2, -0.15) is 5.26 Å². The van der Waals surface area contributed by atoms with Crippen LogP contribution in [0, 0.1) is 11.3 Å². The maximum absolute atomic E-state index is 13.6. The van der Waals surface area contributed by atoms with Crippen LogP contribution in [0.25, 0.3) is 0 Å². The van der Waals surface area contributed by atoms with Crippen LogP contribution in [0.3, 0.4) is 0 Å². The van der Waals surface area contributed by atoms with Crippen molar-refractivity contribution in [2.45, 2.75) is 64.4 Å². The molecule has 1 aliphatic carbocycles. The molecule has 2 aliphatic rings. The summed E-state index contributed by atoms with van der Waals surface area (Å²) in [6.07, 6.45) is 5.77. The Morgan fingerprint density at radius 3 is 2.39 bits per heavy atom. The average molecular weight is 453 g/mol. The zero-order chi connectivity index (χ0) is 24.0. The number of hydrogen-bond acceptors (Lipinski definition) is 6. The first-order valence-electron chi connectivity index (χ1n) is 11.5. The molecule has 1 N–H and O–H groups in total. The van der Waals surface area contributed by atoms with Crippen LogP contribution < -0.4 is 0 Å². The summed E-state index contributed by atoms with van der Waals surface area (Å²) in [4.78, 5) is 27.9. The van der Waals surface area contributed by atoms with Crippen molar-refractivity contribution >= 4 is 11.9 Å². The molecule has 1 heterocycles. The highest BCUT2D eigenvalue weighted by atomic mass is 16.5. The lowest BCUT2D eigenvalue weighted by Gasteiger charge is -2.37. The van der Waals surface area contributed by atoms with E-state index >= 15 is 0 Å². The van der Waals surface area contributed by atoms with E-state index in [1.54, 1.807) is 38.3 Å². The van der Waals surface area contributed by atoms with Gasteiger partial charge in [-0.15, -0.1) is 0 Å². The van der Waals surface area contributed by atoms with Crippen molar-refractivity contribution in [2.24, 2.45) is 0 Å². The molecular formula is C26H32N2O5. The van der Waals surface area contributed by atoms with E-state index in [4.69, 9.17) is 9.47 Å². The molecule has 7 nitrogen and oxygen atoms in total. The second-order valence-corrected chi connectivity index (χ2v) is 8.64. The van der Waals surface area contributed by atoms with E-state index in [2.05, 4.69) is 6.07 Å². The smallest absolute Gasteiger partial charge is 0.337 e. The first kappa shape index (κ1) is 24.5. The summed E-state index contributed by atoms with van der Waals surface area (Å²) in [5, 5.41) is 19.6. The molecule has 3 rings (SSSR count). The normalized spacial score (nSPS) is 19.8. The Hall–Kier alpha value is -3.11. The largest absolute Gasteiger partial charge is 0.478 e. The third kappa shape index (κ3) is 5.45. The molecule has 0 aromatic heterocycles. The van der Waals surface area contributed by atoms with Crippen molar-refractivity contribution in [3.63, 3.8) is 0 Å². The van der Waals surface area contributed by atoms with Gasteiger partial charge in [0.1, 0.15) is 6.10 Å². The Labute approximate surface area is 195 Å².